The van der Waals surface area contributed by atoms with E-state index < -0.39 is 11.9 Å². The summed E-state index contributed by atoms with van der Waals surface area (Å²) in [6, 6.07) is 4.63. The lowest BCUT2D eigenvalue weighted by atomic mass is 9.98. The molecule has 140 valence electrons. The van der Waals surface area contributed by atoms with Crippen molar-refractivity contribution in [1.82, 2.24) is 20.2 Å². The van der Waals surface area contributed by atoms with E-state index in [1.807, 2.05) is 17.9 Å². The zero-order valence-corrected chi connectivity index (χ0v) is 14.6. The van der Waals surface area contributed by atoms with Gasteiger partial charge in [0.05, 0.1) is 12.3 Å². The van der Waals surface area contributed by atoms with E-state index in [0.717, 1.165) is 24.6 Å². The van der Waals surface area contributed by atoms with Gasteiger partial charge in [0.2, 0.25) is 5.88 Å². The van der Waals surface area contributed by atoms with Crippen molar-refractivity contribution < 1.29 is 17.9 Å². The molecule has 0 amide bonds. The Kier molecular flexibility index (Phi) is 5.24. The number of hydrogen-bond donors (Lipinski definition) is 0. The number of rotatable bonds is 4. The van der Waals surface area contributed by atoms with Crippen LogP contribution in [0.4, 0.5) is 19.0 Å². The van der Waals surface area contributed by atoms with Crippen molar-refractivity contribution in [2.24, 2.45) is 5.92 Å². The van der Waals surface area contributed by atoms with Gasteiger partial charge in [-0.25, -0.2) is 9.97 Å². The SMILES string of the molecule is Cc1ccc(OCC2CCN(c3cc(C(F)(F)F)nc(C)n3)CC2)nn1. The number of nitrogens with zero attached hydrogens (tertiary/aromatic N) is 5. The van der Waals surface area contributed by atoms with Crippen molar-refractivity contribution in [3.8, 4) is 5.88 Å². The molecular weight excluding hydrogens is 347 g/mol. The molecular formula is C17H20F3N5O. The van der Waals surface area contributed by atoms with Crippen molar-refractivity contribution in [3.05, 3.63) is 35.4 Å². The van der Waals surface area contributed by atoms with Gasteiger partial charge < -0.3 is 9.64 Å². The number of ether oxygens (including phenoxy) is 1. The number of anilines is 1. The van der Waals surface area contributed by atoms with E-state index in [1.165, 1.54) is 6.92 Å². The Morgan fingerprint density at radius 1 is 1.12 bits per heavy atom. The second kappa shape index (κ2) is 7.43. The maximum atomic E-state index is 12.9. The number of piperidine rings is 1. The minimum atomic E-state index is -4.47. The lowest BCUT2D eigenvalue weighted by Crippen LogP contribution is -2.36. The van der Waals surface area contributed by atoms with Crippen LogP contribution in [-0.2, 0) is 6.18 Å². The first-order valence-corrected chi connectivity index (χ1v) is 8.42. The Balaban J connectivity index is 1.56. The molecule has 0 saturated carbocycles. The van der Waals surface area contributed by atoms with E-state index >= 15 is 0 Å². The van der Waals surface area contributed by atoms with Gasteiger partial charge in [-0.1, -0.05) is 0 Å². The molecule has 9 heteroatoms. The molecule has 0 unspecified atom stereocenters. The van der Waals surface area contributed by atoms with Gasteiger partial charge in [-0.2, -0.15) is 18.3 Å². The van der Waals surface area contributed by atoms with Crippen LogP contribution in [0.5, 0.6) is 5.88 Å². The molecule has 2 aromatic rings. The Morgan fingerprint density at radius 2 is 1.85 bits per heavy atom. The van der Waals surface area contributed by atoms with Crippen LogP contribution in [0.3, 0.4) is 0 Å². The minimum Gasteiger partial charge on any atom is -0.476 e. The van der Waals surface area contributed by atoms with Gasteiger partial charge in [0.25, 0.3) is 0 Å². The molecule has 3 rings (SSSR count). The standard InChI is InChI=1S/C17H20F3N5O/c1-11-3-4-16(24-23-11)26-10-13-5-7-25(8-6-13)15-9-14(17(18,19)20)21-12(2)22-15/h3-4,9,13H,5-8,10H2,1-2H3. The summed E-state index contributed by atoms with van der Waals surface area (Å²) in [6.45, 7) is 5.10. The zero-order chi connectivity index (χ0) is 18.7. The third-order valence-electron chi connectivity index (χ3n) is 4.29. The van der Waals surface area contributed by atoms with Crippen LogP contribution >= 0.6 is 0 Å². The zero-order valence-electron chi connectivity index (χ0n) is 14.6. The summed E-state index contributed by atoms with van der Waals surface area (Å²) in [6.07, 6.45) is -2.85. The molecule has 1 saturated heterocycles. The molecule has 0 bridgehead atoms. The Labute approximate surface area is 149 Å². The monoisotopic (exact) mass is 367 g/mol. The van der Waals surface area contributed by atoms with Gasteiger partial charge in [0.1, 0.15) is 17.3 Å². The van der Waals surface area contributed by atoms with E-state index in [4.69, 9.17) is 4.74 Å². The molecule has 3 heterocycles. The van der Waals surface area contributed by atoms with Gasteiger partial charge in [-0.05, 0) is 38.7 Å². The summed E-state index contributed by atoms with van der Waals surface area (Å²) in [5.74, 6) is 1.26. The lowest BCUT2D eigenvalue weighted by Gasteiger charge is -2.32. The van der Waals surface area contributed by atoms with Crippen LogP contribution in [-0.4, -0.2) is 39.9 Å². The summed E-state index contributed by atoms with van der Waals surface area (Å²) in [5, 5.41) is 7.90. The van der Waals surface area contributed by atoms with Gasteiger partial charge >= 0.3 is 6.18 Å². The maximum absolute atomic E-state index is 12.9. The quantitative estimate of drug-likeness (QED) is 0.827. The smallest absolute Gasteiger partial charge is 0.433 e. The van der Waals surface area contributed by atoms with Gasteiger partial charge in [0, 0.05) is 25.2 Å². The van der Waals surface area contributed by atoms with E-state index in [1.54, 1.807) is 6.07 Å². The number of halogens is 3. The fourth-order valence-electron chi connectivity index (χ4n) is 2.85. The average Bonchev–Trinajstić information content (AvgIpc) is 2.60. The molecule has 6 nitrogen and oxygen atoms in total. The lowest BCUT2D eigenvalue weighted by molar-refractivity contribution is -0.141. The second-order valence-corrected chi connectivity index (χ2v) is 6.41. The number of aryl methyl sites for hydroxylation is 2. The molecule has 0 atom stereocenters. The van der Waals surface area contributed by atoms with E-state index in [-0.39, 0.29) is 5.82 Å². The van der Waals surface area contributed by atoms with Crippen molar-refractivity contribution in [2.45, 2.75) is 32.9 Å². The van der Waals surface area contributed by atoms with Crippen LogP contribution in [0.25, 0.3) is 0 Å². The third kappa shape index (κ3) is 4.59. The van der Waals surface area contributed by atoms with Crippen molar-refractivity contribution >= 4 is 5.82 Å². The van der Waals surface area contributed by atoms with Crippen LogP contribution in [0.1, 0.15) is 30.1 Å². The summed E-state index contributed by atoms with van der Waals surface area (Å²) >= 11 is 0. The van der Waals surface area contributed by atoms with Crippen molar-refractivity contribution in [1.29, 1.82) is 0 Å². The first-order chi connectivity index (χ1) is 12.3. The first-order valence-electron chi connectivity index (χ1n) is 8.42. The van der Waals surface area contributed by atoms with Crippen LogP contribution in [0, 0.1) is 19.8 Å². The maximum Gasteiger partial charge on any atom is 0.433 e. The predicted octanol–water partition coefficient (Wildman–Crippen LogP) is 3.20. The largest absolute Gasteiger partial charge is 0.476 e. The predicted molar refractivity (Wildman–Crippen MR) is 89.0 cm³/mol. The second-order valence-electron chi connectivity index (χ2n) is 6.41. The summed E-state index contributed by atoms with van der Waals surface area (Å²) < 4.78 is 44.4. The van der Waals surface area contributed by atoms with E-state index in [9.17, 15) is 13.2 Å². The highest BCUT2D eigenvalue weighted by molar-refractivity contribution is 5.41. The Hall–Kier alpha value is -2.45. The molecule has 0 aromatic carbocycles. The summed E-state index contributed by atoms with van der Waals surface area (Å²) in [5.41, 5.74) is -0.0765. The highest BCUT2D eigenvalue weighted by Crippen LogP contribution is 2.31. The van der Waals surface area contributed by atoms with Gasteiger partial charge in [-0.15, -0.1) is 5.10 Å². The van der Waals surface area contributed by atoms with Crippen molar-refractivity contribution in [3.63, 3.8) is 0 Å². The molecule has 0 radical (unpaired) electrons. The molecule has 1 fully saturated rings. The Bertz CT molecular complexity index is 743. The average molecular weight is 367 g/mol. The topological polar surface area (TPSA) is 64.0 Å². The number of aromatic nitrogens is 4. The molecule has 0 N–H and O–H groups in total. The molecule has 1 aliphatic heterocycles. The first kappa shape index (κ1) is 18.3. The third-order valence-corrected chi connectivity index (χ3v) is 4.29. The van der Waals surface area contributed by atoms with Crippen LogP contribution in [0.2, 0.25) is 0 Å². The normalized spacial score (nSPS) is 16.0. The minimum absolute atomic E-state index is 0.123. The highest BCUT2D eigenvalue weighted by atomic mass is 19.4. The molecule has 1 aliphatic rings. The van der Waals surface area contributed by atoms with E-state index in [2.05, 4.69) is 20.2 Å². The molecule has 0 aliphatic carbocycles. The van der Waals surface area contributed by atoms with Gasteiger partial charge in [0.15, 0.2) is 0 Å². The van der Waals surface area contributed by atoms with E-state index in [0.29, 0.717) is 37.3 Å². The fourth-order valence-corrected chi connectivity index (χ4v) is 2.85. The van der Waals surface area contributed by atoms with Crippen LogP contribution < -0.4 is 9.64 Å². The Morgan fingerprint density at radius 3 is 2.46 bits per heavy atom. The van der Waals surface area contributed by atoms with Crippen molar-refractivity contribution in [2.75, 3.05) is 24.6 Å². The van der Waals surface area contributed by atoms with Gasteiger partial charge in [-0.3, -0.25) is 0 Å². The molecule has 0 spiro atoms. The number of alkyl halides is 3. The summed E-state index contributed by atoms with van der Waals surface area (Å²) in [4.78, 5) is 9.52. The number of hydrogen-bond acceptors (Lipinski definition) is 6. The fraction of sp³-hybridized carbons (Fsp3) is 0.529. The van der Waals surface area contributed by atoms with Crippen LogP contribution in [0.15, 0.2) is 18.2 Å². The highest BCUT2D eigenvalue weighted by Gasteiger charge is 2.34. The molecule has 2 aromatic heterocycles. The summed E-state index contributed by atoms with van der Waals surface area (Å²) in [7, 11) is 0. The molecule has 26 heavy (non-hydrogen) atoms.